The van der Waals surface area contributed by atoms with E-state index in [1.54, 1.807) is 0 Å². The van der Waals surface area contributed by atoms with Crippen LogP contribution in [0.2, 0.25) is 0 Å². The van der Waals surface area contributed by atoms with Gasteiger partial charge < -0.3 is 0 Å². The van der Waals surface area contributed by atoms with Gasteiger partial charge in [0.2, 0.25) is 0 Å². The van der Waals surface area contributed by atoms with Crippen molar-refractivity contribution in [3.8, 4) is 0 Å². The van der Waals surface area contributed by atoms with Gasteiger partial charge in [0.05, 0.1) is 17.7 Å². The number of aromatic nitrogens is 2. The van der Waals surface area contributed by atoms with Crippen LogP contribution in [0, 0.1) is 6.92 Å². The van der Waals surface area contributed by atoms with Gasteiger partial charge in [-0.05, 0) is 27.2 Å². The van der Waals surface area contributed by atoms with E-state index in [9.17, 15) is 8.42 Å². The second-order valence-electron chi connectivity index (χ2n) is 7.94. The van der Waals surface area contributed by atoms with Crippen molar-refractivity contribution in [3.63, 3.8) is 0 Å². The van der Waals surface area contributed by atoms with Crippen LogP contribution in [0.4, 0.5) is 0 Å². The van der Waals surface area contributed by atoms with E-state index in [0.29, 0.717) is 5.75 Å². The summed E-state index contributed by atoms with van der Waals surface area (Å²) >= 11 is 0. The Morgan fingerprint density at radius 3 is 2.54 bits per heavy atom. The topological polar surface area (TPSA) is 58.4 Å². The molecular weight excluding hydrogens is 348 g/mol. The Morgan fingerprint density at radius 1 is 1.23 bits per heavy atom. The molecule has 0 aromatic carbocycles. The molecule has 2 fully saturated rings. The minimum Gasteiger partial charge on any atom is -0.293 e. The first kappa shape index (κ1) is 19.6. The quantitative estimate of drug-likeness (QED) is 0.705. The molecule has 0 unspecified atom stereocenters. The molecule has 2 aliphatic heterocycles. The van der Waals surface area contributed by atoms with Crippen molar-refractivity contribution in [1.82, 2.24) is 19.6 Å². The summed E-state index contributed by atoms with van der Waals surface area (Å²) in [5.41, 5.74) is 3.71. The Hall–Kier alpha value is -1.18. The normalized spacial score (nSPS) is 26.0. The average Bonchev–Trinajstić information content (AvgIpc) is 3.07. The third kappa shape index (κ3) is 4.21. The minimum absolute atomic E-state index is 0.0910. The largest absolute Gasteiger partial charge is 0.293 e. The molecule has 0 aliphatic carbocycles. The number of hydrogen-bond donors (Lipinski definition) is 0. The molecule has 0 saturated carbocycles. The predicted octanol–water partition coefficient (Wildman–Crippen LogP) is 1.85. The Kier molecular flexibility index (Phi) is 5.89. The fraction of sp³-hybridized carbons (Fsp3) is 0.737. The van der Waals surface area contributed by atoms with Gasteiger partial charge in [0, 0.05) is 56.1 Å². The SMILES string of the molecule is CCCn1ncc(CN2CCN(CC=C(C)C)[C@@H]3CS(=O)(=O)C[C@@H]32)c1C. The second-order valence-corrected chi connectivity index (χ2v) is 10.1. The van der Waals surface area contributed by atoms with Crippen LogP contribution in [-0.4, -0.2) is 71.2 Å². The van der Waals surface area contributed by atoms with Crippen LogP contribution in [0.1, 0.15) is 38.4 Å². The Bertz CT molecular complexity index is 765. The van der Waals surface area contributed by atoms with E-state index in [0.717, 1.165) is 39.1 Å². The molecule has 0 radical (unpaired) electrons. The molecular formula is C19H32N4O2S. The highest BCUT2D eigenvalue weighted by molar-refractivity contribution is 7.91. The zero-order chi connectivity index (χ0) is 18.9. The van der Waals surface area contributed by atoms with Gasteiger partial charge in [-0.1, -0.05) is 18.6 Å². The molecule has 3 rings (SSSR count). The number of rotatable bonds is 6. The van der Waals surface area contributed by atoms with Crippen molar-refractivity contribution < 1.29 is 8.42 Å². The standard InChI is InChI=1S/C19H32N4O2S/c1-5-7-23-16(4)17(11-20-23)12-22-10-9-21(8-6-15(2)3)18-13-26(24,25)14-19(18)22/h6,11,18-19H,5,7-10,12-14H2,1-4H3/t18-,19+/m1/s1. The number of fused-ring (bicyclic) bond motifs is 1. The van der Waals surface area contributed by atoms with Gasteiger partial charge in [0.15, 0.2) is 9.84 Å². The maximum Gasteiger partial charge on any atom is 0.153 e. The molecule has 0 bridgehead atoms. The van der Waals surface area contributed by atoms with Crippen molar-refractivity contribution in [1.29, 1.82) is 0 Å². The molecule has 2 saturated heterocycles. The maximum absolute atomic E-state index is 12.3. The number of aryl methyl sites for hydroxylation is 1. The first-order valence-electron chi connectivity index (χ1n) is 9.64. The maximum atomic E-state index is 12.3. The molecule has 2 atom stereocenters. The molecule has 0 N–H and O–H groups in total. The van der Waals surface area contributed by atoms with Gasteiger partial charge in [-0.25, -0.2) is 8.42 Å². The van der Waals surface area contributed by atoms with E-state index >= 15 is 0 Å². The van der Waals surface area contributed by atoms with Gasteiger partial charge in [-0.3, -0.25) is 14.5 Å². The van der Waals surface area contributed by atoms with E-state index in [4.69, 9.17) is 0 Å². The van der Waals surface area contributed by atoms with Crippen molar-refractivity contribution in [3.05, 3.63) is 29.1 Å². The molecule has 1 aromatic rings. The smallest absolute Gasteiger partial charge is 0.153 e. The summed E-state index contributed by atoms with van der Waals surface area (Å²) in [5.74, 6) is 0.573. The predicted molar refractivity (Wildman–Crippen MR) is 105 cm³/mol. The van der Waals surface area contributed by atoms with Crippen molar-refractivity contribution >= 4 is 9.84 Å². The highest BCUT2D eigenvalue weighted by Crippen LogP contribution is 2.28. The monoisotopic (exact) mass is 380 g/mol. The molecule has 6 nitrogen and oxygen atoms in total. The van der Waals surface area contributed by atoms with Gasteiger partial charge in [-0.15, -0.1) is 0 Å². The molecule has 1 aromatic heterocycles. The molecule has 0 spiro atoms. The Labute approximate surface area is 157 Å². The number of piperazine rings is 1. The molecule has 3 heterocycles. The number of nitrogens with zero attached hydrogens (tertiary/aromatic N) is 4. The highest BCUT2D eigenvalue weighted by Gasteiger charge is 2.46. The molecule has 146 valence electrons. The highest BCUT2D eigenvalue weighted by atomic mass is 32.2. The average molecular weight is 381 g/mol. The zero-order valence-corrected chi connectivity index (χ0v) is 17.3. The van der Waals surface area contributed by atoms with E-state index in [2.05, 4.69) is 53.4 Å². The van der Waals surface area contributed by atoms with Crippen molar-refractivity contribution in [2.24, 2.45) is 0 Å². The van der Waals surface area contributed by atoms with Crippen LogP contribution >= 0.6 is 0 Å². The van der Waals surface area contributed by atoms with Crippen molar-refractivity contribution in [2.45, 2.75) is 59.3 Å². The summed E-state index contributed by atoms with van der Waals surface area (Å²) in [4.78, 5) is 4.72. The van der Waals surface area contributed by atoms with Gasteiger partial charge >= 0.3 is 0 Å². The van der Waals surface area contributed by atoms with Crippen LogP contribution < -0.4 is 0 Å². The molecule has 7 heteroatoms. The first-order chi connectivity index (χ1) is 12.3. The number of allylic oxidation sites excluding steroid dienone is 1. The first-order valence-corrected chi connectivity index (χ1v) is 11.5. The number of sulfone groups is 1. The summed E-state index contributed by atoms with van der Waals surface area (Å²) in [6, 6.07) is 0.198. The summed E-state index contributed by atoms with van der Waals surface area (Å²) in [6.45, 7) is 12.9. The van der Waals surface area contributed by atoms with E-state index in [1.165, 1.54) is 16.8 Å². The van der Waals surface area contributed by atoms with Crippen LogP contribution in [0.3, 0.4) is 0 Å². The lowest BCUT2D eigenvalue weighted by Gasteiger charge is -2.43. The summed E-state index contributed by atoms with van der Waals surface area (Å²) < 4.78 is 26.8. The van der Waals surface area contributed by atoms with Gasteiger partial charge in [0.1, 0.15) is 0 Å². The third-order valence-corrected chi connectivity index (χ3v) is 7.35. The summed E-state index contributed by atoms with van der Waals surface area (Å²) in [5, 5.41) is 4.50. The lowest BCUT2D eigenvalue weighted by molar-refractivity contribution is 0.0476. The van der Waals surface area contributed by atoms with E-state index in [-0.39, 0.29) is 17.8 Å². The molecule has 26 heavy (non-hydrogen) atoms. The Morgan fingerprint density at radius 2 is 1.88 bits per heavy atom. The molecule has 2 aliphatic rings. The van der Waals surface area contributed by atoms with Gasteiger partial charge in [-0.2, -0.15) is 5.10 Å². The fourth-order valence-corrected chi connectivity index (χ4v) is 6.16. The van der Waals surface area contributed by atoms with Gasteiger partial charge in [0.25, 0.3) is 0 Å². The lowest BCUT2D eigenvalue weighted by Crippen LogP contribution is -2.58. The van der Waals surface area contributed by atoms with Crippen LogP contribution in [0.25, 0.3) is 0 Å². The van der Waals surface area contributed by atoms with Crippen LogP contribution in [0.5, 0.6) is 0 Å². The zero-order valence-electron chi connectivity index (χ0n) is 16.5. The third-order valence-electron chi connectivity index (χ3n) is 5.65. The van der Waals surface area contributed by atoms with Crippen LogP contribution in [-0.2, 0) is 22.9 Å². The number of hydrogen-bond acceptors (Lipinski definition) is 5. The van der Waals surface area contributed by atoms with E-state index in [1.807, 2.05) is 6.20 Å². The summed E-state index contributed by atoms with van der Waals surface area (Å²) in [6.07, 6.45) is 5.23. The van der Waals surface area contributed by atoms with Crippen LogP contribution in [0.15, 0.2) is 17.8 Å². The Balaban J connectivity index is 1.76. The fourth-order valence-electron chi connectivity index (χ4n) is 4.12. The minimum atomic E-state index is -2.96. The second kappa shape index (κ2) is 7.82. The van der Waals surface area contributed by atoms with E-state index < -0.39 is 9.84 Å². The van der Waals surface area contributed by atoms with Crippen molar-refractivity contribution in [2.75, 3.05) is 31.1 Å². The lowest BCUT2D eigenvalue weighted by atomic mass is 10.0. The molecule has 0 amide bonds. The summed E-state index contributed by atoms with van der Waals surface area (Å²) in [7, 11) is -2.96.